The van der Waals surface area contributed by atoms with E-state index in [1.165, 1.54) is 6.42 Å². The van der Waals surface area contributed by atoms with Crippen LogP contribution in [0.3, 0.4) is 0 Å². The maximum Gasteiger partial charge on any atom is 0.101 e. The molecule has 0 unspecified atom stereocenters. The van der Waals surface area contributed by atoms with E-state index in [9.17, 15) is 0 Å². The Morgan fingerprint density at radius 2 is 2.06 bits per heavy atom. The minimum absolute atomic E-state index is 0.701. The fourth-order valence-corrected chi connectivity index (χ4v) is 1.65. The van der Waals surface area contributed by atoms with Gasteiger partial charge in [-0.2, -0.15) is 5.26 Å². The number of nitrogens with zero attached hydrogens (tertiary/aromatic N) is 1. The summed E-state index contributed by atoms with van der Waals surface area (Å²) in [7, 11) is 0. The minimum Gasteiger partial charge on any atom is -0.384 e. The van der Waals surface area contributed by atoms with E-state index in [1.807, 2.05) is 25.1 Å². The first-order valence-electron chi connectivity index (χ1n) is 6.60. The first-order valence-corrected chi connectivity index (χ1v) is 6.60. The van der Waals surface area contributed by atoms with Gasteiger partial charge in [0.1, 0.15) is 6.07 Å². The summed E-state index contributed by atoms with van der Waals surface area (Å²) in [5.74, 6) is 0. The van der Waals surface area contributed by atoms with Crippen molar-refractivity contribution in [2.24, 2.45) is 0 Å². The molecule has 98 valence electrons. The monoisotopic (exact) mass is 246 g/mol. The molecular formula is C15H22N2O. The molecule has 0 spiro atoms. The Hall–Kier alpha value is -1.53. The van der Waals surface area contributed by atoms with E-state index in [4.69, 9.17) is 10.00 Å². The highest BCUT2D eigenvalue weighted by Crippen LogP contribution is 2.16. The Morgan fingerprint density at radius 1 is 1.28 bits per heavy atom. The van der Waals surface area contributed by atoms with Gasteiger partial charge in [0.15, 0.2) is 0 Å². The summed E-state index contributed by atoms with van der Waals surface area (Å²) in [5.41, 5.74) is 2.79. The lowest BCUT2D eigenvalue weighted by atomic mass is 10.1. The first kappa shape index (κ1) is 14.5. The molecular weight excluding hydrogens is 224 g/mol. The third-order valence-corrected chi connectivity index (χ3v) is 2.72. The van der Waals surface area contributed by atoms with Crippen LogP contribution in [-0.2, 0) is 4.74 Å². The van der Waals surface area contributed by atoms with Gasteiger partial charge in [-0.1, -0.05) is 19.4 Å². The van der Waals surface area contributed by atoms with Crippen molar-refractivity contribution in [1.82, 2.24) is 0 Å². The van der Waals surface area contributed by atoms with Crippen LogP contribution in [-0.4, -0.2) is 19.8 Å². The molecule has 0 aromatic heterocycles. The zero-order valence-electron chi connectivity index (χ0n) is 11.3. The number of ether oxygens (including phenoxy) is 1. The normalized spacial score (nSPS) is 10.1. The molecule has 1 N–H and O–H groups in total. The Kier molecular flexibility index (Phi) is 6.90. The van der Waals surface area contributed by atoms with Crippen LogP contribution in [0.2, 0.25) is 0 Å². The molecule has 1 aromatic rings. The second kappa shape index (κ2) is 8.54. The predicted octanol–water partition coefficient (Wildman–Crippen LogP) is 3.49. The highest BCUT2D eigenvalue weighted by Gasteiger charge is 2.00. The zero-order chi connectivity index (χ0) is 13.2. The molecule has 0 atom stereocenters. The number of hydrogen-bond acceptors (Lipinski definition) is 3. The van der Waals surface area contributed by atoms with Gasteiger partial charge in [-0.3, -0.25) is 0 Å². The summed E-state index contributed by atoms with van der Waals surface area (Å²) in [6.07, 6.45) is 3.26. The molecule has 3 heteroatoms. The summed E-state index contributed by atoms with van der Waals surface area (Å²) in [4.78, 5) is 0. The van der Waals surface area contributed by atoms with Crippen molar-refractivity contribution in [3.05, 3.63) is 29.3 Å². The molecule has 1 rings (SSSR count). The van der Waals surface area contributed by atoms with E-state index in [0.717, 1.165) is 43.9 Å². The van der Waals surface area contributed by atoms with Crippen molar-refractivity contribution in [3.8, 4) is 6.07 Å². The molecule has 0 radical (unpaired) electrons. The molecule has 0 heterocycles. The number of unbranched alkanes of at least 4 members (excludes halogenated alkanes) is 1. The fourth-order valence-electron chi connectivity index (χ4n) is 1.65. The summed E-state index contributed by atoms with van der Waals surface area (Å²) in [5, 5.41) is 12.3. The maximum absolute atomic E-state index is 8.99. The topological polar surface area (TPSA) is 45.0 Å². The van der Waals surface area contributed by atoms with Crippen LogP contribution in [0.4, 0.5) is 5.69 Å². The van der Waals surface area contributed by atoms with Gasteiger partial charge < -0.3 is 10.1 Å². The molecule has 1 aromatic carbocycles. The maximum atomic E-state index is 8.99. The highest BCUT2D eigenvalue weighted by atomic mass is 16.5. The van der Waals surface area contributed by atoms with Crippen LogP contribution < -0.4 is 5.32 Å². The second-order valence-electron chi connectivity index (χ2n) is 4.41. The van der Waals surface area contributed by atoms with Gasteiger partial charge in [-0.15, -0.1) is 0 Å². The van der Waals surface area contributed by atoms with E-state index >= 15 is 0 Å². The van der Waals surface area contributed by atoms with E-state index in [1.54, 1.807) is 0 Å². The first-order chi connectivity index (χ1) is 8.77. The van der Waals surface area contributed by atoms with Gasteiger partial charge in [-0.25, -0.2) is 0 Å². The van der Waals surface area contributed by atoms with Crippen molar-refractivity contribution in [1.29, 1.82) is 5.26 Å². The SMILES string of the molecule is CCCCOCCCNc1cc(C)ccc1C#N. The Bertz CT molecular complexity index is 396. The molecule has 0 saturated carbocycles. The van der Waals surface area contributed by atoms with E-state index in [2.05, 4.69) is 18.3 Å². The zero-order valence-corrected chi connectivity index (χ0v) is 11.3. The Labute approximate surface area is 110 Å². The number of nitrogens with one attached hydrogen (secondary N) is 1. The van der Waals surface area contributed by atoms with Gasteiger partial charge in [0, 0.05) is 19.8 Å². The number of benzene rings is 1. The summed E-state index contributed by atoms with van der Waals surface area (Å²) < 4.78 is 5.49. The van der Waals surface area contributed by atoms with Gasteiger partial charge in [-0.05, 0) is 37.5 Å². The standard InChI is InChI=1S/C15H22N2O/c1-3-4-9-18-10-5-8-17-15-11-13(2)6-7-14(15)12-16/h6-7,11,17H,3-5,8-10H2,1-2H3. The van der Waals surface area contributed by atoms with Crippen molar-refractivity contribution in [2.75, 3.05) is 25.1 Å². The van der Waals surface area contributed by atoms with Crippen LogP contribution in [0.25, 0.3) is 0 Å². The fraction of sp³-hybridized carbons (Fsp3) is 0.533. The third kappa shape index (κ3) is 5.20. The molecule has 0 fully saturated rings. The number of rotatable bonds is 8. The van der Waals surface area contributed by atoms with Crippen molar-refractivity contribution in [3.63, 3.8) is 0 Å². The third-order valence-electron chi connectivity index (χ3n) is 2.72. The second-order valence-corrected chi connectivity index (χ2v) is 4.41. The lowest BCUT2D eigenvalue weighted by molar-refractivity contribution is 0.131. The van der Waals surface area contributed by atoms with Gasteiger partial charge in [0.05, 0.1) is 11.3 Å². The number of anilines is 1. The summed E-state index contributed by atoms with van der Waals surface area (Å²) >= 11 is 0. The molecule has 0 aliphatic rings. The lowest BCUT2D eigenvalue weighted by Crippen LogP contribution is -2.07. The average Bonchev–Trinajstić information content (AvgIpc) is 2.38. The van der Waals surface area contributed by atoms with Gasteiger partial charge in [0.2, 0.25) is 0 Å². The number of nitriles is 1. The molecule has 0 aliphatic heterocycles. The van der Waals surface area contributed by atoms with E-state index in [-0.39, 0.29) is 0 Å². The molecule has 0 bridgehead atoms. The molecule has 0 saturated heterocycles. The Balaban J connectivity index is 2.27. The number of hydrogen-bond donors (Lipinski definition) is 1. The summed E-state index contributed by atoms with van der Waals surface area (Å²) in [6.45, 7) is 6.65. The molecule has 18 heavy (non-hydrogen) atoms. The minimum atomic E-state index is 0.701. The van der Waals surface area contributed by atoms with Crippen molar-refractivity contribution < 1.29 is 4.74 Å². The molecule has 0 amide bonds. The molecule has 3 nitrogen and oxygen atoms in total. The largest absolute Gasteiger partial charge is 0.384 e. The van der Waals surface area contributed by atoms with Crippen LogP contribution >= 0.6 is 0 Å². The van der Waals surface area contributed by atoms with Crippen molar-refractivity contribution >= 4 is 5.69 Å². The van der Waals surface area contributed by atoms with Crippen LogP contribution in [0.5, 0.6) is 0 Å². The van der Waals surface area contributed by atoms with Crippen LogP contribution in [0.15, 0.2) is 18.2 Å². The Morgan fingerprint density at radius 3 is 2.78 bits per heavy atom. The van der Waals surface area contributed by atoms with Gasteiger partial charge >= 0.3 is 0 Å². The van der Waals surface area contributed by atoms with E-state index in [0.29, 0.717) is 5.56 Å². The average molecular weight is 246 g/mol. The molecule has 0 aliphatic carbocycles. The predicted molar refractivity (Wildman–Crippen MR) is 74.7 cm³/mol. The van der Waals surface area contributed by atoms with E-state index < -0.39 is 0 Å². The highest BCUT2D eigenvalue weighted by molar-refractivity contribution is 5.58. The summed E-state index contributed by atoms with van der Waals surface area (Å²) in [6, 6.07) is 8.02. The smallest absolute Gasteiger partial charge is 0.101 e. The van der Waals surface area contributed by atoms with Crippen LogP contribution in [0, 0.1) is 18.3 Å². The number of aryl methyl sites for hydroxylation is 1. The lowest BCUT2D eigenvalue weighted by Gasteiger charge is -2.09. The van der Waals surface area contributed by atoms with Gasteiger partial charge in [0.25, 0.3) is 0 Å². The van der Waals surface area contributed by atoms with Crippen molar-refractivity contribution in [2.45, 2.75) is 33.1 Å². The van der Waals surface area contributed by atoms with Crippen LogP contribution in [0.1, 0.15) is 37.3 Å². The quantitative estimate of drug-likeness (QED) is 0.714.